The summed E-state index contributed by atoms with van der Waals surface area (Å²) in [6.07, 6.45) is 3.81. The molecule has 3 aromatic rings. The molecule has 3 aromatic heterocycles. The molecule has 0 aliphatic carbocycles. The number of carbonyl (C=O) groups excluding carboxylic acids is 1. The maximum atomic E-state index is 13.2. The number of hydrogen-bond acceptors (Lipinski definition) is 5. The number of piperidine rings is 1. The van der Waals surface area contributed by atoms with E-state index in [0.717, 1.165) is 59.7 Å². The summed E-state index contributed by atoms with van der Waals surface area (Å²) in [4.78, 5) is 18.0. The van der Waals surface area contributed by atoms with E-state index in [-0.39, 0.29) is 18.0 Å². The fourth-order valence-corrected chi connectivity index (χ4v) is 3.85. The zero-order valence-corrected chi connectivity index (χ0v) is 16.9. The SMILES string of the molecule is Cc1cc(-c2cc(C(=O)N[C@H]3CCCNC3)c3cnn(C(C)C)c3n2)c(C)o1. The molecule has 4 rings (SSSR count). The van der Waals surface area contributed by atoms with Gasteiger partial charge in [0.2, 0.25) is 0 Å². The van der Waals surface area contributed by atoms with E-state index in [2.05, 4.69) is 29.6 Å². The first-order valence-electron chi connectivity index (χ1n) is 9.91. The normalized spacial score (nSPS) is 17.4. The van der Waals surface area contributed by atoms with Crippen LogP contribution in [0, 0.1) is 13.8 Å². The molecule has 1 saturated heterocycles. The molecule has 1 aliphatic rings. The fraction of sp³-hybridized carbons (Fsp3) is 0.476. The number of nitrogens with zero attached hydrogens (tertiary/aromatic N) is 3. The number of rotatable bonds is 4. The summed E-state index contributed by atoms with van der Waals surface area (Å²) in [7, 11) is 0. The summed E-state index contributed by atoms with van der Waals surface area (Å²) in [5, 5.41) is 11.8. The predicted octanol–water partition coefficient (Wildman–Crippen LogP) is 3.37. The largest absolute Gasteiger partial charge is 0.466 e. The van der Waals surface area contributed by atoms with Gasteiger partial charge in [-0.2, -0.15) is 5.10 Å². The highest BCUT2D eigenvalue weighted by Crippen LogP contribution is 2.30. The van der Waals surface area contributed by atoms with E-state index < -0.39 is 0 Å². The highest BCUT2D eigenvalue weighted by atomic mass is 16.3. The van der Waals surface area contributed by atoms with Gasteiger partial charge in [-0.1, -0.05) is 0 Å². The number of hydrogen-bond donors (Lipinski definition) is 2. The van der Waals surface area contributed by atoms with Gasteiger partial charge in [-0.25, -0.2) is 9.67 Å². The minimum atomic E-state index is -0.0801. The van der Waals surface area contributed by atoms with Gasteiger partial charge in [0.15, 0.2) is 5.65 Å². The first kappa shape index (κ1) is 18.7. The number of carbonyl (C=O) groups is 1. The van der Waals surface area contributed by atoms with E-state index in [1.807, 2.05) is 30.7 Å². The Kier molecular flexibility index (Phi) is 4.93. The Morgan fingerprint density at radius 1 is 1.36 bits per heavy atom. The molecular formula is C21H27N5O2. The molecule has 0 aromatic carbocycles. The quantitative estimate of drug-likeness (QED) is 0.724. The molecule has 0 saturated carbocycles. The summed E-state index contributed by atoms with van der Waals surface area (Å²) < 4.78 is 7.55. The van der Waals surface area contributed by atoms with Gasteiger partial charge in [-0.3, -0.25) is 4.79 Å². The third-order valence-electron chi connectivity index (χ3n) is 5.25. The Bertz CT molecular complexity index is 1010. The van der Waals surface area contributed by atoms with Crippen LogP contribution >= 0.6 is 0 Å². The van der Waals surface area contributed by atoms with Crippen molar-refractivity contribution in [3.05, 3.63) is 35.4 Å². The molecule has 148 valence electrons. The number of pyridine rings is 1. The van der Waals surface area contributed by atoms with Crippen LogP contribution in [0.3, 0.4) is 0 Å². The lowest BCUT2D eigenvalue weighted by Crippen LogP contribution is -2.45. The average molecular weight is 381 g/mol. The number of fused-ring (bicyclic) bond motifs is 1. The number of aromatic nitrogens is 3. The monoisotopic (exact) mass is 381 g/mol. The van der Waals surface area contributed by atoms with Crippen molar-refractivity contribution in [2.24, 2.45) is 0 Å². The van der Waals surface area contributed by atoms with E-state index in [1.54, 1.807) is 6.20 Å². The van der Waals surface area contributed by atoms with Gasteiger partial charge in [-0.15, -0.1) is 0 Å². The number of aryl methyl sites for hydroxylation is 2. The maximum Gasteiger partial charge on any atom is 0.252 e. The van der Waals surface area contributed by atoms with Crippen molar-refractivity contribution in [1.82, 2.24) is 25.4 Å². The van der Waals surface area contributed by atoms with Crippen molar-refractivity contribution >= 4 is 16.9 Å². The topological polar surface area (TPSA) is 85.0 Å². The lowest BCUT2D eigenvalue weighted by atomic mass is 10.0. The van der Waals surface area contributed by atoms with Crippen molar-refractivity contribution < 1.29 is 9.21 Å². The van der Waals surface area contributed by atoms with Crippen LogP contribution in [0.5, 0.6) is 0 Å². The van der Waals surface area contributed by atoms with Crippen LogP contribution in [-0.4, -0.2) is 39.8 Å². The van der Waals surface area contributed by atoms with Gasteiger partial charge in [-0.05, 0) is 59.2 Å². The second kappa shape index (κ2) is 7.39. The Balaban J connectivity index is 1.81. The molecule has 28 heavy (non-hydrogen) atoms. The average Bonchev–Trinajstić information content (AvgIpc) is 3.24. The molecule has 0 spiro atoms. The maximum absolute atomic E-state index is 13.2. The molecular weight excluding hydrogens is 354 g/mol. The Morgan fingerprint density at radius 2 is 2.18 bits per heavy atom. The number of amides is 1. The molecule has 4 heterocycles. The molecule has 0 bridgehead atoms. The lowest BCUT2D eigenvalue weighted by molar-refractivity contribution is 0.0932. The second-order valence-corrected chi connectivity index (χ2v) is 7.82. The molecule has 1 atom stereocenters. The van der Waals surface area contributed by atoms with Crippen LogP contribution in [0.4, 0.5) is 0 Å². The standard InChI is InChI=1S/C21H27N5O2/c1-12(2)26-20-18(11-23-26)17(21(27)24-15-6-5-7-22-10-15)9-19(25-20)16-8-13(3)28-14(16)4/h8-9,11-12,15,22H,5-7,10H2,1-4H3,(H,24,27)/t15-/m0/s1. The zero-order valence-electron chi connectivity index (χ0n) is 16.9. The van der Waals surface area contributed by atoms with Gasteiger partial charge in [0.25, 0.3) is 5.91 Å². The van der Waals surface area contributed by atoms with Crippen LogP contribution in [0.15, 0.2) is 22.7 Å². The Labute approximate surface area is 164 Å². The summed E-state index contributed by atoms with van der Waals surface area (Å²) in [5.74, 6) is 1.54. The van der Waals surface area contributed by atoms with Crippen molar-refractivity contribution in [1.29, 1.82) is 0 Å². The second-order valence-electron chi connectivity index (χ2n) is 7.82. The molecule has 2 N–H and O–H groups in total. The third-order valence-corrected chi connectivity index (χ3v) is 5.25. The summed E-state index contributed by atoms with van der Waals surface area (Å²) in [5.41, 5.74) is 2.97. The molecule has 1 aliphatic heterocycles. The van der Waals surface area contributed by atoms with Crippen molar-refractivity contribution in [2.75, 3.05) is 13.1 Å². The van der Waals surface area contributed by atoms with E-state index >= 15 is 0 Å². The highest BCUT2D eigenvalue weighted by molar-refractivity contribution is 6.06. The first-order valence-corrected chi connectivity index (χ1v) is 9.91. The van der Waals surface area contributed by atoms with Crippen LogP contribution in [-0.2, 0) is 0 Å². The zero-order chi connectivity index (χ0) is 19.8. The van der Waals surface area contributed by atoms with Crippen molar-refractivity contribution in [3.8, 4) is 11.3 Å². The Morgan fingerprint density at radius 3 is 2.82 bits per heavy atom. The first-order chi connectivity index (χ1) is 13.4. The van der Waals surface area contributed by atoms with Gasteiger partial charge >= 0.3 is 0 Å². The predicted molar refractivity (Wildman–Crippen MR) is 108 cm³/mol. The van der Waals surface area contributed by atoms with Crippen molar-refractivity contribution in [3.63, 3.8) is 0 Å². The third kappa shape index (κ3) is 3.42. The lowest BCUT2D eigenvalue weighted by Gasteiger charge is -2.24. The van der Waals surface area contributed by atoms with E-state index in [4.69, 9.17) is 9.40 Å². The van der Waals surface area contributed by atoms with Gasteiger partial charge in [0.1, 0.15) is 11.5 Å². The molecule has 0 radical (unpaired) electrons. The fourth-order valence-electron chi connectivity index (χ4n) is 3.85. The molecule has 7 heteroatoms. The van der Waals surface area contributed by atoms with Gasteiger partial charge < -0.3 is 15.1 Å². The van der Waals surface area contributed by atoms with Crippen LogP contribution in [0.2, 0.25) is 0 Å². The summed E-state index contributed by atoms with van der Waals surface area (Å²) in [6.45, 7) is 9.76. The minimum Gasteiger partial charge on any atom is -0.466 e. The van der Waals surface area contributed by atoms with Crippen LogP contribution in [0.1, 0.15) is 54.6 Å². The smallest absolute Gasteiger partial charge is 0.252 e. The number of nitrogens with one attached hydrogen (secondary N) is 2. The summed E-state index contributed by atoms with van der Waals surface area (Å²) >= 11 is 0. The van der Waals surface area contributed by atoms with E-state index in [9.17, 15) is 4.79 Å². The van der Waals surface area contributed by atoms with E-state index in [0.29, 0.717) is 5.56 Å². The van der Waals surface area contributed by atoms with Crippen LogP contribution < -0.4 is 10.6 Å². The Hall–Kier alpha value is -2.67. The summed E-state index contributed by atoms with van der Waals surface area (Å²) in [6, 6.07) is 4.11. The minimum absolute atomic E-state index is 0.0801. The molecule has 7 nitrogen and oxygen atoms in total. The van der Waals surface area contributed by atoms with Crippen LogP contribution in [0.25, 0.3) is 22.3 Å². The highest BCUT2D eigenvalue weighted by Gasteiger charge is 2.22. The molecule has 0 unspecified atom stereocenters. The van der Waals surface area contributed by atoms with Gasteiger partial charge in [0, 0.05) is 24.2 Å². The van der Waals surface area contributed by atoms with Crippen molar-refractivity contribution in [2.45, 2.75) is 52.6 Å². The molecule has 1 amide bonds. The number of furan rings is 1. The van der Waals surface area contributed by atoms with E-state index in [1.165, 1.54) is 0 Å². The van der Waals surface area contributed by atoms with Gasteiger partial charge in [0.05, 0.1) is 22.8 Å². The molecule has 1 fully saturated rings.